The van der Waals surface area contributed by atoms with Gasteiger partial charge in [0, 0.05) is 30.0 Å². The molecule has 0 spiro atoms. The molecule has 8 nitrogen and oxygen atoms in total. The number of benzene rings is 1. The first-order valence-electron chi connectivity index (χ1n) is 7.15. The van der Waals surface area contributed by atoms with Crippen LogP contribution in [0.4, 0.5) is 0 Å². The number of fused-ring (bicyclic) bond motifs is 1. The van der Waals surface area contributed by atoms with Crippen LogP contribution in [0.25, 0.3) is 0 Å². The molecule has 126 valence electrons. The Balaban J connectivity index is 1.86. The van der Waals surface area contributed by atoms with Crippen molar-refractivity contribution in [2.45, 2.75) is 6.10 Å². The summed E-state index contributed by atoms with van der Waals surface area (Å²) in [6, 6.07) is 6.57. The highest BCUT2D eigenvalue weighted by Crippen LogP contribution is 2.46. The van der Waals surface area contributed by atoms with E-state index in [1.807, 2.05) is 6.07 Å². The van der Waals surface area contributed by atoms with E-state index in [2.05, 4.69) is 4.98 Å². The van der Waals surface area contributed by atoms with Gasteiger partial charge in [0.1, 0.15) is 12.4 Å². The van der Waals surface area contributed by atoms with Gasteiger partial charge in [-0.05, 0) is 6.07 Å². The highest BCUT2D eigenvalue weighted by Gasteiger charge is 2.28. The van der Waals surface area contributed by atoms with Crippen LogP contribution >= 0.6 is 0 Å². The Hall–Kier alpha value is -2.65. The summed E-state index contributed by atoms with van der Waals surface area (Å²) >= 11 is 0. The van der Waals surface area contributed by atoms with Crippen LogP contribution in [0.1, 0.15) is 11.7 Å². The monoisotopic (exact) mass is 333 g/mol. The fourth-order valence-corrected chi connectivity index (χ4v) is 2.33. The molecule has 2 N–H and O–H groups in total. The fraction of sp³-hybridized carbons (Fsp3) is 0.267. The van der Waals surface area contributed by atoms with E-state index in [0.29, 0.717) is 23.1 Å². The van der Waals surface area contributed by atoms with Crippen molar-refractivity contribution in [3.8, 4) is 28.9 Å². The van der Waals surface area contributed by atoms with Gasteiger partial charge in [-0.25, -0.2) is 4.98 Å². The SMILES string of the molecule is COc1ccc(C2COc3cc(OB(O)O)cc(OC)c3O2)cn1. The Bertz CT molecular complexity index is 690. The number of ether oxygens (including phenoxy) is 4. The largest absolute Gasteiger partial charge is 0.707 e. The molecule has 1 atom stereocenters. The highest BCUT2D eigenvalue weighted by atomic mass is 16.6. The number of nitrogens with zero attached hydrogens (tertiary/aromatic N) is 1. The van der Waals surface area contributed by atoms with Crippen LogP contribution in [0.5, 0.6) is 28.9 Å². The molecule has 0 radical (unpaired) electrons. The van der Waals surface area contributed by atoms with E-state index >= 15 is 0 Å². The molecule has 1 aliphatic rings. The first-order chi connectivity index (χ1) is 11.6. The Morgan fingerprint density at radius 3 is 2.67 bits per heavy atom. The van der Waals surface area contributed by atoms with Gasteiger partial charge in [0.05, 0.1) is 14.2 Å². The third kappa shape index (κ3) is 3.31. The number of methoxy groups -OCH3 is 2. The lowest BCUT2D eigenvalue weighted by Gasteiger charge is -2.28. The van der Waals surface area contributed by atoms with E-state index in [1.54, 1.807) is 19.4 Å². The number of aromatic nitrogens is 1. The summed E-state index contributed by atoms with van der Waals surface area (Å²) in [6.45, 7) is 0.259. The van der Waals surface area contributed by atoms with Crippen LogP contribution in [0.3, 0.4) is 0 Å². The van der Waals surface area contributed by atoms with Crippen LogP contribution in [0.2, 0.25) is 0 Å². The van der Waals surface area contributed by atoms with Crippen LogP contribution in [-0.4, -0.2) is 43.2 Å². The van der Waals surface area contributed by atoms with Gasteiger partial charge in [-0.3, -0.25) is 0 Å². The number of rotatable bonds is 5. The molecular formula is C15H16BNO7. The second kappa shape index (κ2) is 6.85. The normalized spacial score (nSPS) is 15.6. The van der Waals surface area contributed by atoms with E-state index in [0.717, 1.165) is 5.56 Å². The predicted octanol–water partition coefficient (Wildman–Crippen LogP) is 0.960. The maximum absolute atomic E-state index is 8.91. The molecule has 24 heavy (non-hydrogen) atoms. The molecule has 0 saturated heterocycles. The summed E-state index contributed by atoms with van der Waals surface area (Å²) < 4.78 is 26.8. The smallest absolute Gasteiger partial charge is 0.512 e. The Labute approximate surface area is 138 Å². The number of hydrogen-bond donors (Lipinski definition) is 2. The van der Waals surface area contributed by atoms with Crippen LogP contribution < -0.4 is 23.6 Å². The molecule has 0 amide bonds. The van der Waals surface area contributed by atoms with Gasteiger partial charge in [-0.1, -0.05) is 0 Å². The van der Waals surface area contributed by atoms with Gasteiger partial charge in [0.2, 0.25) is 11.6 Å². The quantitative estimate of drug-likeness (QED) is 0.781. The van der Waals surface area contributed by atoms with E-state index in [9.17, 15) is 0 Å². The lowest BCUT2D eigenvalue weighted by molar-refractivity contribution is 0.0864. The second-order valence-corrected chi connectivity index (χ2v) is 4.95. The highest BCUT2D eigenvalue weighted by molar-refractivity contribution is 6.33. The zero-order valence-corrected chi connectivity index (χ0v) is 13.1. The summed E-state index contributed by atoms with van der Waals surface area (Å²) in [7, 11) is 1.08. The zero-order chi connectivity index (χ0) is 17.1. The Morgan fingerprint density at radius 1 is 1.21 bits per heavy atom. The molecule has 0 aliphatic carbocycles. The summed E-state index contributed by atoms with van der Waals surface area (Å²) in [5.74, 6) is 1.85. The average Bonchev–Trinajstić information content (AvgIpc) is 2.60. The fourth-order valence-electron chi connectivity index (χ4n) is 2.33. The van der Waals surface area contributed by atoms with E-state index < -0.39 is 7.32 Å². The number of pyridine rings is 1. The Kier molecular flexibility index (Phi) is 4.63. The Morgan fingerprint density at radius 2 is 2.04 bits per heavy atom. The zero-order valence-electron chi connectivity index (χ0n) is 13.1. The molecule has 1 aromatic carbocycles. The van der Waals surface area contributed by atoms with E-state index in [4.69, 9.17) is 33.6 Å². The van der Waals surface area contributed by atoms with Gasteiger partial charge >= 0.3 is 7.32 Å². The maximum Gasteiger partial charge on any atom is 0.707 e. The van der Waals surface area contributed by atoms with Crippen LogP contribution in [0.15, 0.2) is 30.5 Å². The molecule has 1 unspecified atom stereocenters. The molecule has 2 heterocycles. The van der Waals surface area contributed by atoms with Crippen molar-refractivity contribution in [2.75, 3.05) is 20.8 Å². The minimum absolute atomic E-state index is 0.189. The third-order valence-electron chi connectivity index (χ3n) is 3.45. The molecule has 0 bridgehead atoms. The van der Waals surface area contributed by atoms with Gasteiger partial charge < -0.3 is 33.6 Å². The van der Waals surface area contributed by atoms with Crippen molar-refractivity contribution in [3.05, 3.63) is 36.0 Å². The molecule has 1 aromatic heterocycles. The van der Waals surface area contributed by atoms with Gasteiger partial charge in [0.25, 0.3) is 0 Å². The third-order valence-corrected chi connectivity index (χ3v) is 3.45. The molecule has 9 heteroatoms. The summed E-state index contributed by atoms with van der Waals surface area (Å²) in [5.41, 5.74) is 0.828. The van der Waals surface area contributed by atoms with Gasteiger partial charge in [0.15, 0.2) is 17.6 Å². The minimum atomic E-state index is -1.93. The first kappa shape index (κ1) is 16.2. The van der Waals surface area contributed by atoms with Gasteiger partial charge in [-0.15, -0.1) is 0 Å². The molecule has 1 aliphatic heterocycles. The lowest BCUT2D eigenvalue weighted by Crippen LogP contribution is -2.23. The van der Waals surface area contributed by atoms with Crippen molar-refractivity contribution < 1.29 is 33.6 Å². The van der Waals surface area contributed by atoms with Crippen molar-refractivity contribution in [1.29, 1.82) is 0 Å². The van der Waals surface area contributed by atoms with E-state index in [1.165, 1.54) is 19.2 Å². The lowest BCUT2D eigenvalue weighted by atomic mass is 10.1. The average molecular weight is 333 g/mol. The van der Waals surface area contributed by atoms with E-state index in [-0.39, 0.29) is 18.5 Å². The predicted molar refractivity (Wildman–Crippen MR) is 83.5 cm³/mol. The van der Waals surface area contributed by atoms with Crippen molar-refractivity contribution >= 4 is 7.32 Å². The summed E-state index contributed by atoms with van der Waals surface area (Å²) in [4.78, 5) is 4.15. The summed E-state index contributed by atoms with van der Waals surface area (Å²) in [5, 5.41) is 17.8. The molecule has 0 saturated carbocycles. The minimum Gasteiger partial charge on any atom is -0.512 e. The number of hydrogen-bond acceptors (Lipinski definition) is 8. The molecule has 0 fully saturated rings. The van der Waals surface area contributed by atoms with Gasteiger partial charge in [-0.2, -0.15) is 0 Å². The topological polar surface area (TPSA) is 99.5 Å². The second-order valence-electron chi connectivity index (χ2n) is 4.95. The van der Waals surface area contributed by atoms with Crippen molar-refractivity contribution in [1.82, 2.24) is 4.98 Å². The standard InChI is InChI=1S/C15H16BNO7/c1-20-11-5-10(24-16(18)19)6-12-15(11)23-13(8-22-12)9-3-4-14(21-2)17-7-9/h3-7,13,18-19H,8H2,1-2H3. The van der Waals surface area contributed by atoms with Crippen LogP contribution in [-0.2, 0) is 0 Å². The molecule has 3 rings (SSSR count). The first-order valence-corrected chi connectivity index (χ1v) is 7.15. The van der Waals surface area contributed by atoms with Crippen molar-refractivity contribution in [2.24, 2.45) is 0 Å². The van der Waals surface area contributed by atoms with Crippen LogP contribution in [0, 0.1) is 0 Å². The maximum atomic E-state index is 8.91. The molecule has 2 aromatic rings. The molecular weight excluding hydrogens is 317 g/mol. The van der Waals surface area contributed by atoms with Crippen molar-refractivity contribution in [3.63, 3.8) is 0 Å². The summed E-state index contributed by atoms with van der Waals surface area (Å²) in [6.07, 6.45) is 1.30.